The SMILES string of the molecule is COc1nc2ccc(C(O)(c3cn(C)nc3C)c3cnc(C)n3C)cc2c(Cl)c1OCC(F)(F)F. The second kappa shape index (κ2) is 8.72. The molecular formula is C23H23ClF3N5O3. The number of nitrogens with zero attached hydrogens (tertiary/aromatic N) is 5. The van der Waals surface area contributed by atoms with E-state index < -0.39 is 18.4 Å². The van der Waals surface area contributed by atoms with Crippen LogP contribution in [-0.2, 0) is 19.7 Å². The molecule has 3 heterocycles. The number of hydrogen-bond acceptors (Lipinski definition) is 6. The molecule has 1 atom stereocenters. The highest BCUT2D eigenvalue weighted by atomic mass is 35.5. The van der Waals surface area contributed by atoms with E-state index in [1.807, 2.05) is 0 Å². The molecule has 4 rings (SSSR count). The summed E-state index contributed by atoms with van der Waals surface area (Å²) in [5.74, 6) is 0.154. The first-order valence-corrected chi connectivity index (χ1v) is 10.8. The number of aryl methyl sites for hydroxylation is 3. The van der Waals surface area contributed by atoms with E-state index in [-0.39, 0.29) is 22.0 Å². The number of aromatic nitrogens is 5. The molecular weight excluding hydrogens is 487 g/mol. The predicted molar refractivity (Wildman–Crippen MR) is 123 cm³/mol. The highest BCUT2D eigenvalue weighted by Crippen LogP contribution is 2.43. The number of pyridine rings is 1. The number of alkyl halides is 3. The summed E-state index contributed by atoms with van der Waals surface area (Å²) in [4.78, 5) is 8.58. The Balaban J connectivity index is 1.97. The lowest BCUT2D eigenvalue weighted by atomic mass is 9.83. The summed E-state index contributed by atoms with van der Waals surface area (Å²) in [7, 11) is 4.77. The normalized spacial score (nSPS) is 13.8. The molecule has 186 valence electrons. The van der Waals surface area contributed by atoms with Crippen molar-refractivity contribution in [2.45, 2.75) is 25.6 Å². The molecule has 1 unspecified atom stereocenters. The minimum absolute atomic E-state index is 0.121. The summed E-state index contributed by atoms with van der Waals surface area (Å²) in [5.41, 5.74) is 0.590. The maximum Gasteiger partial charge on any atom is 0.422 e. The Morgan fingerprint density at radius 1 is 1.17 bits per heavy atom. The van der Waals surface area contributed by atoms with Crippen LogP contribution in [0.25, 0.3) is 10.9 Å². The van der Waals surface area contributed by atoms with Gasteiger partial charge in [0.1, 0.15) is 5.82 Å². The van der Waals surface area contributed by atoms with Crippen LogP contribution < -0.4 is 9.47 Å². The van der Waals surface area contributed by atoms with E-state index in [2.05, 4.69) is 15.1 Å². The third kappa shape index (κ3) is 4.30. The fourth-order valence-electron chi connectivity index (χ4n) is 4.06. The Labute approximate surface area is 203 Å². The number of methoxy groups -OCH3 is 1. The van der Waals surface area contributed by atoms with Crippen LogP contribution in [0.2, 0.25) is 5.02 Å². The first kappa shape index (κ1) is 24.8. The largest absolute Gasteiger partial charge is 0.478 e. The molecule has 0 saturated heterocycles. The molecule has 0 aliphatic heterocycles. The monoisotopic (exact) mass is 509 g/mol. The Kier molecular flexibility index (Phi) is 6.18. The van der Waals surface area contributed by atoms with Gasteiger partial charge in [0.25, 0.3) is 5.88 Å². The molecule has 35 heavy (non-hydrogen) atoms. The Morgan fingerprint density at radius 3 is 2.43 bits per heavy atom. The van der Waals surface area contributed by atoms with Gasteiger partial charge in [-0.1, -0.05) is 17.7 Å². The van der Waals surface area contributed by atoms with Gasteiger partial charge in [-0.25, -0.2) is 9.97 Å². The van der Waals surface area contributed by atoms with Gasteiger partial charge in [-0.3, -0.25) is 4.68 Å². The molecule has 0 saturated carbocycles. The van der Waals surface area contributed by atoms with Crippen molar-refractivity contribution in [3.63, 3.8) is 0 Å². The molecule has 0 radical (unpaired) electrons. The fraction of sp³-hybridized carbons (Fsp3) is 0.348. The molecule has 0 amide bonds. The van der Waals surface area contributed by atoms with Crippen molar-refractivity contribution in [3.8, 4) is 11.6 Å². The molecule has 1 aromatic carbocycles. The van der Waals surface area contributed by atoms with E-state index in [4.69, 9.17) is 21.1 Å². The third-order valence-electron chi connectivity index (χ3n) is 5.83. The van der Waals surface area contributed by atoms with Crippen molar-refractivity contribution in [1.82, 2.24) is 24.3 Å². The Morgan fingerprint density at radius 2 is 1.89 bits per heavy atom. The van der Waals surface area contributed by atoms with Crippen LogP contribution in [0.1, 0.15) is 28.3 Å². The zero-order chi connectivity index (χ0) is 25.7. The fourth-order valence-corrected chi connectivity index (χ4v) is 4.35. The molecule has 0 aliphatic rings. The summed E-state index contributed by atoms with van der Waals surface area (Å²) in [5, 5.41) is 16.8. The number of ether oxygens (including phenoxy) is 2. The van der Waals surface area contributed by atoms with E-state index in [1.165, 1.54) is 7.11 Å². The number of rotatable bonds is 6. The standard InChI is InChI=1S/C23H23ClF3N5O3/c1-12-16(10-31(3)30-12)23(33,18-9-28-13(2)32(18)4)14-6-7-17-15(8-14)19(24)20(21(29-17)34-5)35-11-22(25,26)27/h6-10,33H,11H2,1-5H3. The van der Waals surface area contributed by atoms with Crippen LogP contribution in [0.4, 0.5) is 13.2 Å². The summed E-state index contributed by atoms with van der Waals surface area (Å²) >= 11 is 6.51. The molecule has 12 heteroatoms. The average molecular weight is 510 g/mol. The smallest absolute Gasteiger partial charge is 0.422 e. The van der Waals surface area contributed by atoms with Gasteiger partial charge in [-0.15, -0.1) is 0 Å². The zero-order valence-corrected chi connectivity index (χ0v) is 20.4. The minimum atomic E-state index is -4.58. The van der Waals surface area contributed by atoms with Crippen LogP contribution in [0.5, 0.6) is 11.6 Å². The second-order valence-corrected chi connectivity index (χ2v) is 8.54. The Bertz CT molecular complexity index is 1410. The van der Waals surface area contributed by atoms with E-state index in [0.717, 1.165) is 0 Å². The van der Waals surface area contributed by atoms with E-state index in [9.17, 15) is 18.3 Å². The lowest BCUT2D eigenvalue weighted by Gasteiger charge is -2.29. The zero-order valence-electron chi connectivity index (χ0n) is 19.6. The first-order chi connectivity index (χ1) is 16.4. The quantitative estimate of drug-likeness (QED) is 0.419. The number of halogens is 4. The van der Waals surface area contributed by atoms with Gasteiger partial charge in [-0.2, -0.15) is 18.3 Å². The van der Waals surface area contributed by atoms with Crippen molar-refractivity contribution < 1.29 is 27.8 Å². The number of imidazole rings is 1. The van der Waals surface area contributed by atoms with Gasteiger partial charge in [0.2, 0.25) is 5.75 Å². The van der Waals surface area contributed by atoms with Crippen molar-refractivity contribution in [2.24, 2.45) is 14.1 Å². The summed E-state index contributed by atoms with van der Waals surface area (Å²) in [6, 6.07) is 4.84. The average Bonchev–Trinajstić information content (AvgIpc) is 3.32. The van der Waals surface area contributed by atoms with Crippen LogP contribution in [0.15, 0.2) is 30.6 Å². The predicted octanol–water partition coefficient (Wildman–Crippen LogP) is 4.21. The topological polar surface area (TPSA) is 87.2 Å². The molecule has 8 nitrogen and oxygen atoms in total. The summed E-state index contributed by atoms with van der Waals surface area (Å²) in [6.07, 6.45) is -1.31. The lowest BCUT2D eigenvalue weighted by Crippen LogP contribution is -2.32. The van der Waals surface area contributed by atoms with Gasteiger partial charge in [0.05, 0.1) is 35.2 Å². The van der Waals surface area contributed by atoms with Gasteiger partial charge in [-0.05, 0) is 31.5 Å². The molecule has 3 aromatic heterocycles. The van der Waals surface area contributed by atoms with Gasteiger partial charge >= 0.3 is 6.18 Å². The molecule has 0 aliphatic carbocycles. The van der Waals surface area contributed by atoms with E-state index >= 15 is 0 Å². The molecule has 0 bridgehead atoms. The first-order valence-electron chi connectivity index (χ1n) is 10.5. The van der Waals surface area contributed by atoms with Crippen molar-refractivity contribution in [1.29, 1.82) is 0 Å². The molecule has 0 fully saturated rings. The summed E-state index contributed by atoms with van der Waals surface area (Å²) < 4.78 is 51.8. The van der Waals surface area contributed by atoms with Crippen LogP contribution in [-0.4, -0.2) is 49.3 Å². The van der Waals surface area contributed by atoms with E-state index in [1.54, 1.807) is 67.8 Å². The lowest BCUT2D eigenvalue weighted by molar-refractivity contribution is -0.153. The maximum atomic E-state index is 12.8. The molecule has 0 spiro atoms. The van der Waals surface area contributed by atoms with Crippen molar-refractivity contribution in [2.75, 3.05) is 13.7 Å². The van der Waals surface area contributed by atoms with Crippen LogP contribution in [0, 0.1) is 13.8 Å². The Hall–Kier alpha value is -3.31. The number of fused-ring (bicyclic) bond motifs is 1. The minimum Gasteiger partial charge on any atom is -0.478 e. The van der Waals surface area contributed by atoms with Crippen molar-refractivity contribution in [3.05, 3.63) is 64.0 Å². The molecule has 4 aromatic rings. The van der Waals surface area contributed by atoms with Gasteiger partial charge < -0.3 is 19.1 Å². The van der Waals surface area contributed by atoms with Crippen molar-refractivity contribution >= 4 is 22.5 Å². The number of hydrogen-bond donors (Lipinski definition) is 1. The second-order valence-electron chi connectivity index (χ2n) is 8.16. The third-order valence-corrected chi connectivity index (χ3v) is 6.21. The van der Waals surface area contributed by atoms with Gasteiger partial charge in [0.15, 0.2) is 12.2 Å². The summed E-state index contributed by atoms with van der Waals surface area (Å²) in [6.45, 7) is 2.01. The highest BCUT2D eigenvalue weighted by molar-refractivity contribution is 6.37. The van der Waals surface area contributed by atoms with Crippen LogP contribution in [0.3, 0.4) is 0 Å². The highest BCUT2D eigenvalue weighted by Gasteiger charge is 2.40. The molecule has 1 N–H and O–H groups in total. The van der Waals surface area contributed by atoms with Crippen LogP contribution >= 0.6 is 11.6 Å². The van der Waals surface area contributed by atoms with E-state index in [0.29, 0.717) is 33.9 Å². The maximum absolute atomic E-state index is 12.8. The number of benzene rings is 1. The van der Waals surface area contributed by atoms with Gasteiger partial charge in [0, 0.05) is 31.2 Å². The number of aliphatic hydroxyl groups is 1.